The number of aromatic nitrogens is 3. The van der Waals surface area contributed by atoms with Gasteiger partial charge in [0.15, 0.2) is 5.03 Å². The predicted octanol–water partition coefficient (Wildman–Crippen LogP) is 3.57. The molecule has 5 rings (SSSR count). The van der Waals surface area contributed by atoms with Gasteiger partial charge in [-0.3, -0.25) is 4.98 Å². The monoisotopic (exact) mass is 491 g/mol. The average Bonchev–Trinajstić information content (AvgIpc) is 3.51. The van der Waals surface area contributed by atoms with Crippen LogP contribution in [0.15, 0.2) is 90.6 Å². The lowest BCUT2D eigenvalue weighted by molar-refractivity contribution is 0.454. The smallest absolute Gasteiger partial charge is 0.262 e. The van der Waals surface area contributed by atoms with Gasteiger partial charge in [0.25, 0.3) is 10.0 Å². The number of imidazole rings is 1. The predicted molar refractivity (Wildman–Crippen MR) is 131 cm³/mol. The van der Waals surface area contributed by atoms with Gasteiger partial charge >= 0.3 is 0 Å². The summed E-state index contributed by atoms with van der Waals surface area (Å²) in [5, 5.41) is 3.62. The van der Waals surface area contributed by atoms with E-state index >= 15 is 0 Å². The third-order valence-corrected chi connectivity index (χ3v) is 8.06. The van der Waals surface area contributed by atoms with Crippen LogP contribution in [0.3, 0.4) is 0 Å². The summed E-state index contributed by atoms with van der Waals surface area (Å²) in [7, 11) is -1.95. The van der Waals surface area contributed by atoms with Crippen molar-refractivity contribution in [3.63, 3.8) is 0 Å². The number of sulfonamides is 1. The molecule has 1 aliphatic rings. The minimum atomic E-state index is -3.70. The van der Waals surface area contributed by atoms with Crippen molar-refractivity contribution in [2.24, 2.45) is 7.05 Å². The van der Waals surface area contributed by atoms with Gasteiger partial charge in [-0.1, -0.05) is 42.5 Å². The first-order valence-electron chi connectivity index (χ1n) is 11.4. The van der Waals surface area contributed by atoms with Gasteiger partial charge in [-0.25, -0.2) is 17.8 Å². The highest BCUT2D eigenvalue weighted by Crippen LogP contribution is 2.31. The molecule has 0 spiro atoms. The normalized spacial score (nSPS) is 18.7. The molecule has 2 atom stereocenters. The highest BCUT2D eigenvalue weighted by Gasteiger charge is 2.40. The van der Waals surface area contributed by atoms with Crippen molar-refractivity contribution in [2.45, 2.75) is 23.5 Å². The van der Waals surface area contributed by atoms with Crippen LogP contribution in [-0.4, -0.2) is 46.4 Å². The molecule has 2 aromatic heterocycles. The first kappa shape index (κ1) is 23.3. The average molecular weight is 492 g/mol. The van der Waals surface area contributed by atoms with Crippen LogP contribution in [0.25, 0.3) is 11.1 Å². The number of nitrogens with zero attached hydrogens (tertiary/aromatic N) is 4. The zero-order valence-corrected chi connectivity index (χ0v) is 20.1. The first-order chi connectivity index (χ1) is 16.9. The molecule has 1 saturated heterocycles. The Hall–Kier alpha value is -3.40. The Kier molecular flexibility index (Phi) is 6.46. The molecule has 0 saturated carbocycles. The second-order valence-corrected chi connectivity index (χ2v) is 10.7. The van der Waals surface area contributed by atoms with Gasteiger partial charge in [-0.15, -0.1) is 0 Å². The topological polar surface area (TPSA) is 80.1 Å². The molecule has 1 fully saturated rings. The summed E-state index contributed by atoms with van der Waals surface area (Å²) in [6.45, 7) is 1.23. The van der Waals surface area contributed by atoms with E-state index in [1.54, 1.807) is 36.1 Å². The van der Waals surface area contributed by atoms with Crippen LogP contribution < -0.4 is 5.32 Å². The molecule has 1 aliphatic heterocycles. The molecule has 0 aliphatic carbocycles. The summed E-state index contributed by atoms with van der Waals surface area (Å²) in [5.41, 5.74) is 3.83. The Morgan fingerprint density at radius 2 is 1.80 bits per heavy atom. The maximum Gasteiger partial charge on any atom is 0.262 e. The number of pyridine rings is 1. The van der Waals surface area contributed by atoms with Gasteiger partial charge < -0.3 is 9.88 Å². The minimum absolute atomic E-state index is 0.0112. The van der Waals surface area contributed by atoms with E-state index in [0.29, 0.717) is 19.6 Å². The Morgan fingerprint density at radius 3 is 2.51 bits per heavy atom. The molecule has 0 radical (unpaired) electrons. The number of hydrogen-bond acceptors (Lipinski definition) is 5. The Balaban J connectivity index is 1.36. The molecule has 0 amide bonds. The summed E-state index contributed by atoms with van der Waals surface area (Å²) < 4.78 is 43.0. The molecular weight excluding hydrogens is 465 g/mol. The van der Waals surface area contributed by atoms with Crippen molar-refractivity contribution in [3.05, 3.63) is 103 Å². The number of rotatable bonds is 7. The van der Waals surface area contributed by atoms with Gasteiger partial charge in [-0.05, 0) is 34.9 Å². The molecule has 2 aromatic carbocycles. The van der Waals surface area contributed by atoms with E-state index in [1.165, 1.54) is 29.0 Å². The fourth-order valence-electron chi connectivity index (χ4n) is 4.50. The lowest BCUT2D eigenvalue weighted by Gasteiger charge is -2.20. The number of benzene rings is 2. The molecule has 9 heteroatoms. The molecule has 2 unspecified atom stereocenters. The van der Waals surface area contributed by atoms with E-state index in [4.69, 9.17) is 0 Å². The largest absolute Gasteiger partial charge is 0.339 e. The molecule has 1 N–H and O–H groups in total. The summed E-state index contributed by atoms with van der Waals surface area (Å²) in [6, 6.07) is 18.2. The molecule has 4 aromatic rings. The lowest BCUT2D eigenvalue weighted by atomic mass is 9.94. The molecule has 0 bridgehead atoms. The molecule has 7 nitrogen and oxygen atoms in total. The maximum atomic E-state index is 13.3. The van der Waals surface area contributed by atoms with Gasteiger partial charge in [0.2, 0.25) is 0 Å². The van der Waals surface area contributed by atoms with Gasteiger partial charge in [0.1, 0.15) is 5.82 Å². The van der Waals surface area contributed by atoms with Crippen molar-refractivity contribution < 1.29 is 12.8 Å². The number of hydrogen-bond donors (Lipinski definition) is 1. The van der Waals surface area contributed by atoms with Crippen molar-refractivity contribution in [1.29, 1.82) is 0 Å². The highest BCUT2D eigenvalue weighted by atomic mass is 32.2. The third kappa shape index (κ3) is 5.02. The summed E-state index contributed by atoms with van der Waals surface area (Å²) in [4.78, 5) is 8.42. The Morgan fingerprint density at radius 1 is 1.03 bits per heavy atom. The van der Waals surface area contributed by atoms with Crippen LogP contribution in [0.1, 0.15) is 17.0 Å². The first-order valence-corrected chi connectivity index (χ1v) is 12.8. The number of nitrogens with one attached hydrogen (secondary N) is 1. The zero-order valence-electron chi connectivity index (χ0n) is 19.3. The summed E-state index contributed by atoms with van der Waals surface area (Å²) >= 11 is 0. The van der Waals surface area contributed by atoms with Gasteiger partial charge in [-0.2, -0.15) is 4.31 Å². The van der Waals surface area contributed by atoms with E-state index < -0.39 is 10.0 Å². The van der Waals surface area contributed by atoms with Crippen LogP contribution in [0, 0.1) is 5.82 Å². The summed E-state index contributed by atoms with van der Waals surface area (Å²) in [5.74, 6) is -0.291. The van der Waals surface area contributed by atoms with Crippen molar-refractivity contribution in [2.75, 3.05) is 13.1 Å². The zero-order chi connectivity index (χ0) is 24.4. The SMILES string of the molecule is Cn1cnc(S(=O)(=O)N2CC(NCc3cncc(-c4ccc(F)cc4)c3)C(c3ccccc3)C2)c1. The fraction of sp³-hybridized carbons (Fsp3) is 0.231. The quantitative estimate of drug-likeness (QED) is 0.428. The maximum absolute atomic E-state index is 13.3. The number of aryl methyl sites for hydroxylation is 1. The molecule has 35 heavy (non-hydrogen) atoms. The minimum Gasteiger partial charge on any atom is -0.339 e. The molecule has 3 heterocycles. The highest BCUT2D eigenvalue weighted by molar-refractivity contribution is 7.89. The number of halogens is 1. The van der Waals surface area contributed by atoms with E-state index in [9.17, 15) is 12.8 Å². The molecule has 180 valence electrons. The van der Waals surface area contributed by atoms with Crippen LogP contribution in [0.5, 0.6) is 0 Å². The second kappa shape index (κ2) is 9.69. The van der Waals surface area contributed by atoms with E-state index in [0.717, 1.165) is 22.3 Å². The van der Waals surface area contributed by atoms with Crippen LogP contribution in [0.4, 0.5) is 4.39 Å². The second-order valence-electron chi connectivity index (χ2n) is 8.79. The van der Waals surface area contributed by atoms with Crippen molar-refractivity contribution in [3.8, 4) is 11.1 Å². The van der Waals surface area contributed by atoms with Crippen LogP contribution in [0.2, 0.25) is 0 Å². The van der Waals surface area contributed by atoms with Crippen LogP contribution >= 0.6 is 0 Å². The van der Waals surface area contributed by atoms with Crippen LogP contribution in [-0.2, 0) is 23.6 Å². The van der Waals surface area contributed by atoms with E-state index in [1.807, 2.05) is 36.4 Å². The Bertz CT molecular complexity index is 1410. The lowest BCUT2D eigenvalue weighted by Crippen LogP contribution is -2.36. The van der Waals surface area contributed by atoms with Gasteiger partial charge in [0, 0.05) is 62.8 Å². The third-order valence-electron chi connectivity index (χ3n) is 6.34. The van der Waals surface area contributed by atoms with Crippen molar-refractivity contribution >= 4 is 10.0 Å². The van der Waals surface area contributed by atoms with Crippen molar-refractivity contribution in [1.82, 2.24) is 24.2 Å². The van der Waals surface area contributed by atoms with E-state index in [2.05, 4.69) is 15.3 Å². The fourth-order valence-corrected chi connectivity index (χ4v) is 5.95. The molecular formula is C26H26FN5O2S. The summed E-state index contributed by atoms with van der Waals surface area (Å²) in [6.07, 6.45) is 6.56. The van der Waals surface area contributed by atoms with E-state index in [-0.39, 0.29) is 22.8 Å². The standard InChI is InChI=1S/C26H26FN5O2S/c1-31-17-26(30-18-31)35(33,34)32-15-24(21-5-3-2-4-6-21)25(16-32)29-13-19-11-22(14-28-12-19)20-7-9-23(27)10-8-20/h2-12,14,17-18,24-25,29H,13,15-16H2,1H3. The Labute approximate surface area is 204 Å². The van der Waals surface area contributed by atoms with Gasteiger partial charge in [0.05, 0.1) is 6.33 Å².